The quantitative estimate of drug-likeness (QED) is 0.212. The summed E-state index contributed by atoms with van der Waals surface area (Å²) in [7, 11) is 0. The van der Waals surface area contributed by atoms with Crippen LogP contribution in [0.15, 0.2) is 78.0 Å². The van der Waals surface area contributed by atoms with Crippen LogP contribution in [0.4, 0.5) is 23.7 Å². The Morgan fingerprint density at radius 2 is 1.80 bits per heavy atom. The van der Waals surface area contributed by atoms with Gasteiger partial charge in [0, 0.05) is 29.6 Å². The molecular weight excluding hydrogens is 601 g/mol. The third-order valence-corrected chi connectivity index (χ3v) is 8.30. The Hall–Kier alpha value is -4.32. The molecule has 5 rings (SSSR count). The van der Waals surface area contributed by atoms with Gasteiger partial charge in [-0.25, -0.2) is 14.5 Å². The summed E-state index contributed by atoms with van der Waals surface area (Å²) in [5.41, 5.74) is 5.87. The number of hydrogen-bond donors (Lipinski definition) is 1. The number of urea groups is 1. The fourth-order valence-corrected chi connectivity index (χ4v) is 6.05. The molecule has 1 fully saturated rings. The number of aliphatic imine (C=N–C) groups is 1. The minimum atomic E-state index is -4.75. The van der Waals surface area contributed by atoms with Crippen LogP contribution in [0.3, 0.4) is 0 Å². The number of anilines is 1. The lowest BCUT2D eigenvalue weighted by molar-refractivity contribution is -0.274. The number of thioether (sulfide) groups is 1. The van der Waals surface area contributed by atoms with Crippen molar-refractivity contribution in [3.63, 3.8) is 0 Å². The van der Waals surface area contributed by atoms with Crippen molar-refractivity contribution in [1.82, 2.24) is 20.1 Å². The zero-order valence-electron chi connectivity index (χ0n) is 25.5. The van der Waals surface area contributed by atoms with E-state index in [-0.39, 0.29) is 17.8 Å². The minimum absolute atomic E-state index is 0.151. The van der Waals surface area contributed by atoms with Gasteiger partial charge in [0.05, 0.1) is 5.69 Å². The number of aromatic nitrogens is 3. The van der Waals surface area contributed by atoms with Crippen molar-refractivity contribution in [1.29, 1.82) is 0 Å². The van der Waals surface area contributed by atoms with Gasteiger partial charge in [0.2, 0.25) is 0 Å². The van der Waals surface area contributed by atoms with Crippen molar-refractivity contribution < 1.29 is 22.7 Å². The molecule has 3 aromatic carbocycles. The predicted molar refractivity (Wildman–Crippen MR) is 172 cm³/mol. The summed E-state index contributed by atoms with van der Waals surface area (Å²) in [4.78, 5) is 24.0. The van der Waals surface area contributed by atoms with Crippen LogP contribution in [0.25, 0.3) is 17.1 Å². The molecule has 1 unspecified atom stereocenters. The number of alkyl halides is 3. The number of rotatable bonds is 8. The molecule has 1 saturated heterocycles. The van der Waals surface area contributed by atoms with Crippen molar-refractivity contribution in [3.05, 3.63) is 89.7 Å². The smallest absolute Gasteiger partial charge is 0.406 e. The lowest BCUT2D eigenvalue weighted by atomic mass is 9.98. The van der Waals surface area contributed by atoms with Gasteiger partial charge >= 0.3 is 12.4 Å². The van der Waals surface area contributed by atoms with Gasteiger partial charge in [0.25, 0.3) is 0 Å². The van der Waals surface area contributed by atoms with Crippen LogP contribution in [0, 0.1) is 6.92 Å². The molecule has 0 radical (unpaired) electrons. The van der Waals surface area contributed by atoms with E-state index in [4.69, 9.17) is 0 Å². The summed E-state index contributed by atoms with van der Waals surface area (Å²) < 4.78 is 42.7. The maximum atomic E-state index is 13.0. The molecular formula is C33H35F3N6O2S. The Morgan fingerprint density at radius 3 is 2.49 bits per heavy atom. The van der Waals surface area contributed by atoms with Gasteiger partial charge in [0.15, 0.2) is 11.0 Å². The fraction of sp³-hybridized carbons (Fsp3) is 0.333. The summed E-state index contributed by atoms with van der Waals surface area (Å²) in [6.07, 6.45) is -1.62. The van der Waals surface area contributed by atoms with Gasteiger partial charge in [0.1, 0.15) is 12.1 Å². The second-order valence-corrected chi connectivity index (χ2v) is 12.3. The first-order chi connectivity index (χ1) is 21.4. The second-order valence-electron chi connectivity index (χ2n) is 11.3. The van der Waals surface area contributed by atoms with Gasteiger partial charge in [-0.05, 0) is 79.6 Å². The molecule has 2 amide bonds. The van der Waals surface area contributed by atoms with Crippen LogP contribution in [0.5, 0.6) is 5.75 Å². The van der Waals surface area contributed by atoms with Crippen molar-refractivity contribution in [2.75, 3.05) is 17.2 Å². The molecule has 1 N–H and O–H groups in total. The first-order valence-corrected chi connectivity index (χ1v) is 15.7. The Morgan fingerprint density at radius 1 is 1.07 bits per heavy atom. The van der Waals surface area contributed by atoms with Crippen LogP contribution in [-0.2, 0) is 6.42 Å². The van der Waals surface area contributed by atoms with E-state index in [2.05, 4.69) is 69.0 Å². The van der Waals surface area contributed by atoms with Gasteiger partial charge in [-0.1, -0.05) is 62.0 Å². The van der Waals surface area contributed by atoms with E-state index >= 15 is 0 Å². The number of amides is 2. The molecule has 12 heteroatoms. The monoisotopic (exact) mass is 636 g/mol. The molecule has 4 aromatic rings. The van der Waals surface area contributed by atoms with Crippen LogP contribution in [0.1, 0.15) is 49.8 Å². The highest BCUT2D eigenvalue weighted by atomic mass is 32.2. The van der Waals surface area contributed by atoms with Crippen LogP contribution in [0.2, 0.25) is 0 Å². The zero-order chi connectivity index (χ0) is 32.1. The lowest BCUT2D eigenvalue weighted by Crippen LogP contribution is -2.38. The molecule has 236 valence electrons. The highest BCUT2D eigenvalue weighted by Gasteiger charge is 2.31. The fourth-order valence-electron chi connectivity index (χ4n) is 5.10. The van der Waals surface area contributed by atoms with Gasteiger partial charge < -0.3 is 15.0 Å². The third kappa shape index (κ3) is 8.44. The Bertz CT molecular complexity index is 1650. The van der Waals surface area contributed by atoms with E-state index in [0.717, 1.165) is 40.7 Å². The Labute approximate surface area is 264 Å². The molecule has 1 aliphatic rings. The summed E-state index contributed by atoms with van der Waals surface area (Å²) in [6.45, 7) is 9.20. The molecule has 1 aliphatic heterocycles. The first-order valence-electron chi connectivity index (χ1n) is 14.7. The third-order valence-electron chi connectivity index (χ3n) is 7.23. The van der Waals surface area contributed by atoms with E-state index in [9.17, 15) is 18.0 Å². The van der Waals surface area contributed by atoms with E-state index in [1.165, 1.54) is 46.4 Å². The number of halogens is 3. The minimum Gasteiger partial charge on any atom is -0.406 e. The maximum Gasteiger partial charge on any atom is 0.573 e. The molecule has 0 bridgehead atoms. The summed E-state index contributed by atoms with van der Waals surface area (Å²) in [6, 6.07) is 19.1. The standard InChI is InChI=1S/C33H35F3N6O2S/c1-21(2)28-15-6-22(3)18-29(28)41-16-5-17-45-32(41)39-31(43)38-23(4)19-24-7-9-25(10-8-24)30-37-20-42(40-30)26-11-13-27(14-12-26)44-33(34,35)36/h6-15,18,20-21,23H,5,16-17,19H2,1-4H3,(H,38,43)/b39-32-. The number of nitrogens with zero attached hydrogens (tertiary/aromatic N) is 5. The topological polar surface area (TPSA) is 84.6 Å². The van der Waals surface area contributed by atoms with Crippen LogP contribution < -0.4 is 15.0 Å². The molecule has 0 spiro atoms. The highest BCUT2D eigenvalue weighted by molar-refractivity contribution is 8.14. The van der Waals surface area contributed by atoms with Gasteiger partial charge in [-0.15, -0.1) is 18.3 Å². The number of nitrogens with one attached hydrogen (secondary N) is 1. The molecule has 0 aliphatic carbocycles. The van der Waals surface area contributed by atoms with Gasteiger partial charge in [-0.2, -0.15) is 4.99 Å². The molecule has 0 saturated carbocycles. The predicted octanol–water partition coefficient (Wildman–Crippen LogP) is 7.90. The number of carbonyl (C=O) groups is 1. The van der Waals surface area contributed by atoms with Crippen molar-refractivity contribution in [3.8, 4) is 22.8 Å². The maximum absolute atomic E-state index is 13.0. The van der Waals surface area contributed by atoms with Gasteiger partial charge in [-0.3, -0.25) is 0 Å². The summed E-state index contributed by atoms with van der Waals surface area (Å²) in [5, 5.41) is 8.19. The molecule has 2 heterocycles. The number of ether oxygens (including phenoxy) is 1. The zero-order valence-corrected chi connectivity index (χ0v) is 26.3. The summed E-state index contributed by atoms with van der Waals surface area (Å²) >= 11 is 1.61. The molecule has 1 aromatic heterocycles. The molecule has 8 nitrogen and oxygen atoms in total. The van der Waals surface area contributed by atoms with E-state index < -0.39 is 6.36 Å². The Kier molecular flexibility index (Phi) is 9.81. The number of hydrogen-bond acceptors (Lipinski definition) is 5. The molecule has 45 heavy (non-hydrogen) atoms. The van der Waals surface area contributed by atoms with Crippen molar-refractivity contribution in [2.45, 2.75) is 58.9 Å². The number of aryl methyl sites for hydroxylation is 1. The number of amidine groups is 1. The average Bonchev–Trinajstić information content (AvgIpc) is 3.47. The van der Waals surface area contributed by atoms with Crippen LogP contribution in [-0.4, -0.2) is 50.7 Å². The number of benzene rings is 3. The normalized spacial score (nSPS) is 15.4. The van der Waals surface area contributed by atoms with Crippen molar-refractivity contribution in [2.24, 2.45) is 4.99 Å². The van der Waals surface area contributed by atoms with Crippen LogP contribution >= 0.6 is 11.8 Å². The lowest BCUT2D eigenvalue weighted by Gasteiger charge is -2.32. The SMILES string of the molecule is Cc1ccc(C(C)C)c(N2CCCS/C2=N\C(=O)NC(C)Cc2ccc(-c3ncn(-c4ccc(OC(F)(F)F)cc4)n3)cc2)c1. The van der Waals surface area contributed by atoms with E-state index in [1.54, 1.807) is 11.8 Å². The molecule has 1 atom stereocenters. The summed E-state index contributed by atoms with van der Waals surface area (Å²) in [5.74, 6) is 1.43. The largest absolute Gasteiger partial charge is 0.573 e. The van der Waals surface area contributed by atoms with E-state index in [1.807, 2.05) is 31.2 Å². The van der Waals surface area contributed by atoms with E-state index in [0.29, 0.717) is 23.9 Å². The highest BCUT2D eigenvalue weighted by Crippen LogP contribution is 2.33. The van der Waals surface area contributed by atoms with Crippen molar-refractivity contribution >= 4 is 28.6 Å². The first kappa shape index (κ1) is 32.1. The Balaban J connectivity index is 1.20. The average molecular weight is 637 g/mol. The second kappa shape index (κ2) is 13.8. The number of carbonyl (C=O) groups excluding carboxylic acids is 1.